The standard InChI is InChI=1S/C16H22N2O3/c1-12(19)16(8-10-21-15(16)20)11-13-7-9-18(17-13)14-5-3-2-4-6-14/h7,9,14H,2-6,8,10-11H2,1H3. The summed E-state index contributed by atoms with van der Waals surface area (Å²) in [5, 5.41) is 4.62. The van der Waals surface area contributed by atoms with Gasteiger partial charge in [0.2, 0.25) is 0 Å². The van der Waals surface area contributed by atoms with Gasteiger partial charge in [-0.1, -0.05) is 19.3 Å². The minimum absolute atomic E-state index is 0.114. The molecule has 1 atom stereocenters. The molecule has 1 unspecified atom stereocenters. The summed E-state index contributed by atoms with van der Waals surface area (Å²) in [6.07, 6.45) is 8.97. The number of carbonyl (C=O) groups excluding carboxylic acids is 2. The third-order valence-corrected chi connectivity index (χ3v) is 4.92. The van der Waals surface area contributed by atoms with Gasteiger partial charge in [0, 0.05) is 19.0 Å². The van der Waals surface area contributed by atoms with Crippen LogP contribution in [0.15, 0.2) is 12.3 Å². The van der Waals surface area contributed by atoms with E-state index in [-0.39, 0.29) is 11.8 Å². The van der Waals surface area contributed by atoms with E-state index in [1.807, 2.05) is 16.9 Å². The van der Waals surface area contributed by atoms with Crippen LogP contribution in [0.2, 0.25) is 0 Å². The van der Waals surface area contributed by atoms with E-state index in [0.717, 1.165) is 5.69 Å². The van der Waals surface area contributed by atoms with Crippen molar-refractivity contribution in [1.82, 2.24) is 9.78 Å². The van der Waals surface area contributed by atoms with Gasteiger partial charge in [0.05, 0.1) is 18.3 Å². The van der Waals surface area contributed by atoms with Crippen LogP contribution < -0.4 is 0 Å². The molecule has 2 heterocycles. The smallest absolute Gasteiger partial charge is 0.320 e. The van der Waals surface area contributed by atoms with Crippen LogP contribution in [0.1, 0.15) is 57.2 Å². The summed E-state index contributed by atoms with van der Waals surface area (Å²) < 4.78 is 7.05. The average molecular weight is 290 g/mol. The molecule has 1 saturated carbocycles. The summed E-state index contributed by atoms with van der Waals surface area (Å²) in [7, 11) is 0. The number of hydrogen-bond donors (Lipinski definition) is 0. The van der Waals surface area contributed by atoms with E-state index < -0.39 is 5.41 Å². The van der Waals surface area contributed by atoms with Crippen LogP contribution in [-0.4, -0.2) is 28.1 Å². The topological polar surface area (TPSA) is 61.2 Å². The zero-order valence-corrected chi connectivity index (χ0v) is 12.5. The minimum Gasteiger partial charge on any atom is -0.465 e. The second-order valence-electron chi connectivity index (χ2n) is 6.28. The van der Waals surface area contributed by atoms with Crippen LogP contribution in [0.3, 0.4) is 0 Å². The Morgan fingerprint density at radius 2 is 2.19 bits per heavy atom. The Labute approximate surface area is 124 Å². The first-order chi connectivity index (χ1) is 10.1. The van der Waals surface area contributed by atoms with Crippen molar-refractivity contribution in [3.8, 4) is 0 Å². The lowest BCUT2D eigenvalue weighted by atomic mass is 9.78. The maximum Gasteiger partial charge on any atom is 0.320 e. The molecule has 0 radical (unpaired) electrons. The predicted octanol–water partition coefficient (Wildman–Crippen LogP) is 2.45. The molecule has 21 heavy (non-hydrogen) atoms. The third kappa shape index (κ3) is 2.61. The monoisotopic (exact) mass is 290 g/mol. The van der Waals surface area contributed by atoms with Crippen LogP contribution in [0.5, 0.6) is 0 Å². The number of ether oxygens (including phenoxy) is 1. The fourth-order valence-corrected chi connectivity index (χ4v) is 3.49. The van der Waals surface area contributed by atoms with Gasteiger partial charge in [0.25, 0.3) is 0 Å². The number of Topliss-reactive ketones (excluding diaryl/α,β-unsaturated/α-hetero) is 1. The average Bonchev–Trinajstić information content (AvgIpc) is 3.09. The summed E-state index contributed by atoms with van der Waals surface area (Å²) in [5.41, 5.74) is -0.194. The Hall–Kier alpha value is -1.65. The van der Waals surface area contributed by atoms with Gasteiger partial charge in [-0.05, 0) is 25.8 Å². The van der Waals surface area contributed by atoms with Crippen LogP contribution in [0.25, 0.3) is 0 Å². The first-order valence-corrected chi connectivity index (χ1v) is 7.84. The summed E-state index contributed by atoms with van der Waals surface area (Å²) in [6, 6.07) is 2.40. The highest BCUT2D eigenvalue weighted by Gasteiger charge is 2.49. The van der Waals surface area contributed by atoms with Crippen molar-refractivity contribution in [3.05, 3.63) is 18.0 Å². The van der Waals surface area contributed by atoms with Gasteiger partial charge in [-0.25, -0.2) is 0 Å². The van der Waals surface area contributed by atoms with E-state index in [0.29, 0.717) is 25.5 Å². The molecule has 0 amide bonds. The van der Waals surface area contributed by atoms with E-state index in [4.69, 9.17) is 4.74 Å². The molecule has 3 rings (SSSR count). The molecule has 0 bridgehead atoms. The van der Waals surface area contributed by atoms with Gasteiger partial charge in [0.15, 0.2) is 0 Å². The number of esters is 1. The first-order valence-electron chi connectivity index (χ1n) is 7.84. The van der Waals surface area contributed by atoms with E-state index in [1.165, 1.54) is 39.0 Å². The van der Waals surface area contributed by atoms with Gasteiger partial charge < -0.3 is 4.74 Å². The summed E-state index contributed by atoms with van der Waals surface area (Å²) in [6.45, 7) is 1.81. The fraction of sp³-hybridized carbons (Fsp3) is 0.688. The first kappa shape index (κ1) is 14.3. The molecule has 2 fully saturated rings. The van der Waals surface area contributed by atoms with Crippen LogP contribution in [0.4, 0.5) is 0 Å². The Balaban J connectivity index is 1.77. The summed E-state index contributed by atoms with van der Waals surface area (Å²) in [4.78, 5) is 23.9. The van der Waals surface area contributed by atoms with Crippen molar-refractivity contribution in [3.63, 3.8) is 0 Å². The molecule has 1 aliphatic carbocycles. The van der Waals surface area contributed by atoms with E-state index in [9.17, 15) is 9.59 Å². The maximum atomic E-state index is 12.0. The maximum absolute atomic E-state index is 12.0. The number of carbonyl (C=O) groups is 2. The van der Waals surface area contributed by atoms with Crippen LogP contribution in [0, 0.1) is 5.41 Å². The SMILES string of the molecule is CC(=O)C1(Cc2ccn(C3CCCCC3)n2)CCOC1=O. The number of cyclic esters (lactones) is 1. The highest BCUT2D eigenvalue weighted by molar-refractivity contribution is 6.03. The van der Waals surface area contributed by atoms with Crippen LogP contribution >= 0.6 is 0 Å². The Bertz CT molecular complexity index is 545. The molecular weight excluding hydrogens is 268 g/mol. The second-order valence-corrected chi connectivity index (χ2v) is 6.28. The zero-order chi connectivity index (χ0) is 14.9. The molecule has 5 heteroatoms. The van der Waals surface area contributed by atoms with Gasteiger partial charge in [-0.2, -0.15) is 5.10 Å². The number of aromatic nitrogens is 2. The Kier molecular flexibility index (Phi) is 3.83. The lowest BCUT2D eigenvalue weighted by molar-refractivity contribution is -0.150. The van der Waals surface area contributed by atoms with E-state index in [1.54, 1.807) is 0 Å². The van der Waals surface area contributed by atoms with E-state index in [2.05, 4.69) is 5.10 Å². The molecule has 114 valence electrons. The normalized spacial score (nSPS) is 26.8. The quantitative estimate of drug-likeness (QED) is 0.631. The molecular formula is C16H22N2O3. The number of rotatable bonds is 4. The highest BCUT2D eigenvalue weighted by Crippen LogP contribution is 2.35. The molecule has 0 N–H and O–H groups in total. The van der Waals surface area contributed by atoms with E-state index >= 15 is 0 Å². The molecule has 1 saturated heterocycles. The summed E-state index contributed by atoms with van der Waals surface area (Å²) in [5.74, 6) is -0.501. The van der Waals surface area contributed by atoms with Crippen molar-refractivity contribution >= 4 is 11.8 Å². The van der Waals surface area contributed by atoms with Crippen molar-refractivity contribution in [1.29, 1.82) is 0 Å². The molecule has 0 aromatic carbocycles. The number of nitrogens with zero attached hydrogens (tertiary/aromatic N) is 2. The molecule has 1 aromatic heterocycles. The lowest BCUT2D eigenvalue weighted by Crippen LogP contribution is -2.36. The molecule has 1 aliphatic heterocycles. The van der Waals surface area contributed by atoms with Gasteiger partial charge in [0.1, 0.15) is 11.2 Å². The summed E-state index contributed by atoms with van der Waals surface area (Å²) >= 11 is 0. The molecule has 0 spiro atoms. The van der Waals surface area contributed by atoms with Crippen molar-refractivity contribution in [2.75, 3.05) is 6.61 Å². The number of ketones is 1. The fourth-order valence-electron chi connectivity index (χ4n) is 3.49. The minimum atomic E-state index is -1.01. The Morgan fingerprint density at radius 1 is 1.43 bits per heavy atom. The molecule has 1 aromatic rings. The third-order valence-electron chi connectivity index (χ3n) is 4.92. The highest BCUT2D eigenvalue weighted by atomic mass is 16.5. The van der Waals surface area contributed by atoms with Gasteiger partial charge in [-0.3, -0.25) is 14.3 Å². The van der Waals surface area contributed by atoms with Crippen molar-refractivity contribution in [2.45, 2.75) is 57.9 Å². The zero-order valence-electron chi connectivity index (χ0n) is 12.5. The molecule has 2 aliphatic rings. The number of hydrogen-bond acceptors (Lipinski definition) is 4. The van der Waals surface area contributed by atoms with Crippen molar-refractivity contribution < 1.29 is 14.3 Å². The van der Waals surface area contributed by atoms with Crippen molar-refractivity contribution in [2.24, 2.45) is 5.41 Å². The molecule has 5 nitrogen and oxygen atoms in total. The van der Waals surface area contributed by atoms with Gasteiger partial charge >= 0.3 is 5.97 Å². The largest absolute Gasteiger partial charge is 0.465 e. The predicted molar refractivity (Wildman–Crippen MR) is 76.7 cm³/mol. The van der Waals surface area contributed by atoms with Gasteiger partial charge in [-0.15, -0.1) is 0 Å². The Morgan fingerprint density at radius 3 is 2.81 bits per heavy atom. The van der Waals surface area contributed by atoms with Crippen LogP contribution in [-0.2, 0) is 20.7 Å². The second kappa shape index (κ2) is 5.62. The lowest BCUT2D eigenvalue weighted by Gasteiger charge is -2.22.